The third kappa shape index (κ3) is 13.6. The lowest BCUT2D eigenvalue weighted by molar-refractivity contribution is -0.153. The van der Waals surface area contributed by atoms with Gasteiger partial charge in [-0.15, -0.1) is 0 Å². The number of hydrogen-bond acceptors (Lipinski definition) is 5. The molecule has 0 aromatic rings. The Morgan fingerprint density at radius 2 is 1.56 bits per heavy atom. The minimum Gasteiger partial charge on any atom is -0.400 e. The van der Waals surface area contributed by atoms with Crippen molar-refractivity contribution < 1.29 is 28.7 Å². The fourth-order valence-corrected chi connectivity index (χ4v) is 3.54. The van der Waals surface area contributed by atoms with Gasteiger partial charge in [0.2, 0.25) is 11.8 Å². The molecule has 0 bridgehead atoms. The second-order valence-electron chi connectivity index (χ2n) is 8.57. The fourth-order valence-electron chi connectivity index (χ4n) is 3.54. The normalized spacial score (nSPS) is 13.6. The number of ether oxygens (including phenoxy) is 1. The number of nitrogens with two attached hydrogens (primary N) is 1. The molecule has 0 fully saturated rings. The zero-order valence-corrected chi connectivity index (χ0v) is 21.1. The number of carbonyl (C=O) groups excluding carboxylic acids is 3. The van der Waals surface area contributed by atoms with Gasteiger partial charge < -0.3 is 20.5 Å². The lowest BCUT2D eigenvalue weighted by Crippen LogP contribution is -2.50. The van der Waals surface area contributed by atoms with Crippen molar-refractivity contribution in [2.75, 3.05) is 27.8 Å². The molecule has 9 heteroatoms. The highest BCUT2D eigenvalue weighted by Gasteiger charge is 2.34. The Labute approximate surface area is 193 Å². The van der Waals surface area contributed by atoms with E-state index in [2.05, 4.69) is 0 Å². The third-order valence-electron chi connectivity index (χ3n) is 5.51. The molecule has 0 aliphatic rings. The third-order valence-corrected chi connectivity index (χ3v) is 5.51. The molecular formula is C23H46FN3O5. The van der Waals surface area contributed by atoms with Gasteiger partial charge in [0.25, 0.3) is 5.91 Å². The van der Waals surface area contributed by atoms with E-state index in [1.807, 2.05) is 27.7 Å². The van der Waals surface area contributed by atoms with Gasteiger partial charge in [-0.25, -0.2) is 0 Å². The summed E-state index contributed by atoms with van der Waals surface area (Å²) in [4.78, 5) is 37.4. The van der Waals surface area contributed by atoms with Crippen molar-refractivity contribution in [1.82, 2.24) is 10.0 Å². The topological polar surface area (TPSA) is 113 Å². The summed E-state index contributed by atoms with van der Waals surface area (Å²) in [5, 5.41) is 7.24. The summed E-state index contributed by atoms with van der Waals surface area (Å²) in [7, 11) is 4.23. The van der Waals surface area contributed by atoms with Gasteiger partial charge in [-0.05, 0) is 24.7 Å². The molecule has 3 atom stereocenters. The van der Waals surface area contributed by atoms with E-state index < -0.39 is 12.0 Å². The first-order valence-corrected chi connectivity index (χ1v) is 11.5. The van der Waals surface area contributed by atoms with Crippen LogP contribution in [0.4, 0.5) is 4.48 Å². The Hall–Kier alpha value is -1.74. The Bertz CT molecular complexity index is 534. The molecule has 0 saturated carbocycles. The molecule has 3 unspecified atom stereocenters. The molecule has 0 rings (SSSR count). The maximum absolute atomic E-state index is 14.3. The molecule has 0 heterocycles. The van der Waals surface area contributed by atoms with Crippen molar-refractivity contribution in [3.63, 3.8) is 0 Å². The molecule has 0 saturated heterocycles. The first-order valence-electron chi connectivity index (χ1n) is 11.5. The van der Waals surface area contributed by atoms with Gasteiger partial charge in [0, 0.05) is 34.1 Å². The highest BCUT2D eigenvalue weighted by atomic mass is 19.2. The summed E-state index contributed by atoms with van der Waals surface area (Å²) >= 11 is 0. The molecule has 0 aliphatic carbocycles. The molecule has 0 aliphatic heterocycles. The van der Waals surface area contributed by atoms with E-state index in [0.717, 1.165) is 26.4 Å². The number of rotatable bonds is 16. The summed E-state index contributed by atoms with van der Waals surface area (Å²) in [6.07, 6.45) is 3.52. The highest BCUT2D eigenvalue weighted by Crippen LogP contribution is 2.23. The molecule has 0 aromatic carbocycles. The Kier molecular flexibility index (Phi) is 19.1. The van der Waals surface area contributed by atoms with Crippen LogP contribution in [0, 0.1) is 11.8 Å². The van der Waals surface area contributed by atoms with Crippen LogP contribution in [0.15, 0.2) is 0 Å². The molecule has 190 valence electrons. The van der Waals surface area contributed by atoms with Crippen molar-refractivity contribution in [2.24, 2.45) is 17.6 Å². The molecule has 8 nitrogen and oxygen atoms in total. The van der Waals surface area contributed by atoms with Crippen molar-refractivity contribution in [3.8, 4) is 0 Å². The van der Waals surface area contributed by atoms with E-state index in [9.17, 15) is 18.9 Å². The van der Waals surface area contributed by atoms with Crippen LogP contribution in [0.25, 0.3) is 0 Å². The van der Waals surface area contributed by atoms with Crippen LogP contribution in [-0.4, -0.2) is 72.8 Å². The number of amides is 3. The summed E-state index contributed by atoms with van der Waals surface area (Å²) < 4.78 is 19.8. The number of carbonyl (C=O) groups is 3. The second kappa shape index (κ2) is 18.8. The fraction of sp³-hybridized carbons (Fsp3) is 0.870. The smallest absolute Gasteiger partial charge is 0.252 e. The van der Waals surface area contributed by atoms with Gasteiger partial charge in [-0.3, -0.25) is 14.4 Å². The Morgan fingerprint density at radius 1 is 1.00 bits per heavy atom. The van der Waals surface area contributed by atoms with Crippen molar-refractivity contribution in [3.05, 3.63) is 0 Å². The lowest BCUT2D eigenvalue weighted by atomic mass is 9.90. The Morgan fingerprint density at radius 3 is 2.03 bits per heavy atom. The van der Waals surface area contributed by atoms with Crippen LogP contribution in [0.5, 0.6) is 0 Å². The zero-order valence-electron chi connectivity index (χ0n) is 21.1. The number of primary amides is 1. The van der Waals surface area contributed by atoms with E-state index in [0.29, 0.717) is 25.7 Å². The number of aliphatic hydroxyl groups excluding tert-OH is 1. The predicted octanol–water partition coefficient (Wildman–Crippen LogP) is 3.07. The van der Waals surface area contributed by atoms with Gasteiger partial charge in [-0.1, -0.05) is 51.4 Å². The maximum Gasteiger partial charge on any atom is 0.252 e. The van der Waals surface area contributed by atoms with Crippen LogP contribution in [0.3, 0.4) is 0 Å². The van der Waals surface area contributed by atoms with Crippen molar-refractivity contribution >= 4 is 17.7 Å². The van der Waals surface area contributed by atoms with Crippen LogP contribution in [-0.2, 0) is 19.1 Å². The van der Waals surface area contributed by atoms with Gasteiger partial charge >= 0.3 is 0 Å². The van der Waals surface area contributed by atoms with Gasteiger partial charge in [0.15, 0.2) is 0 Å². The lowest BCUT2D eigenvalue weighted by Gasteiger charge is -2.38. The SMILES string of the molecule is CCC(C)C(C(CC(=O)N(F)CCCCCCC(N)=O)OC)N(C)C(=O)CC(C)C.CO. The van der Waals surface area contributed by atoms with Crippen LogP contribution in [0.2, 0.25) is 0 Å². The summed E-state index contributed by atoms with van der Waals surface area (Å²) in [6.45, 7) is 8.00. The minimum atomic E-state index is -0.642. The molecule has 3 N–H and O–H groups in total. The molecule has 0 spiro atoms. The zero-order chi connectivity index (χ0) is 25.3. The quantitative estimate of drug-likeness (QED) is 0.270. The second-order valence-corrected chi connectivity index (χ2v) is 8.57. The van der Waals surface area contributed by atoms with E-state index in [4.69, 9.17) is 15.6 Å². The van der Waals surface area contributed by atoms with E-state index in [1.54, 1.807) is 11.9 Å². The number of aliphatic hydroxyl groups is 1. The van der Waals surface area contributed by atoms with Gasteiger partial charge in [0.1, 0.15) is 0 Å². The van der Waals surface area contributed by atoms with E-state index in [1.165, 1.54) is 7.11 Å². The van der Waals surface area contributed by atoms with Crippen LogP contribution in [0.1, 0.15) is 79.1 Å². The molecule has 3 amide bonds. The van der Waals surface area contributed by atoms with Gasteiger partial charge in [0.05, 0.1) is 25.1 Å². The van der Waals surface area contributed by atoms with E-state index in [-0.39, 0.29) is 47.8 Å². The maximum atomic E-state index is 14.3. The highest BCUT2D eigenvalue weighted by molar-refractivity contribution is 5.77. The predicted molar refractivity (Wildman–Crippen MR) is 124 cm³/mol. The first kappa shape index (κ1) is 32.4. The first-order chi connectivity index (χ1) is 15.0. The summed E-state index contributed by atoms with van der Waals surface area (Å²) in [5.74, 6) is -0.655. The Balaban J connectivity index is 0. The number of unbranched alkanes of at least 4 members (excludes halogenated alkanes) is 3. The number of nitrogens with zero attached hydrogens (tertiary/aromatic N) is 2. The van der Waals surface area contributed by atoms with Gasteiger partial charge in [-0.2, -0.15) is 5.12 Å². The average Bonchev–Trinajstić information content (AvgIpc) is 2.75. The number of methoxy groups -OCH3 is 1. The largest absolute Gasteiger partial charge is 0.400 e. The number of halogens is 1. The number of likely N-dealkylation sites (N-methyl/N-ethyl adjacent to an activating group) is 1. The molecular weight excluding hydrogens is 417 g/mol. The van der Waals surface area contributed by atoms with Crippen LogP contribution < -0.4 is 5.73 Å². The monoisotopic (exact) mass is 463 g/mol. The number of hydrogen-bond donors (Lipinski definition) is 2. The van der Waals surface area contributed by atoms with Crippen LogP contribution >= 0.6 is 0 Å². The average molecular weight is 464 g/mol. The summed E-state index contributed by atoms with van der Waals surface area (Å²) in [6, 6.07) is -0.308. The van der Waals surface area contributed by atoms with Crippen molar-refractivity contribution in [2.45, 2.75) is 91.2 Å². The molecule has 0 radical (unpaired) electrons. The van der Waals surface area contributed by atoms with E-state index >= 15 is 0 Å². The molecule has 0 aromatic heterocycles. The standard InChI is InChI=1S/C22H42FN3O4.CH4O/c1-7-17(4)22(25(5)20(28)14-16(2)3)18(30-6)15-21(29)26(23)13-11-9-8-10-12-19(24)27;1-2/h16-18,22H,7-15H2,1-6H3,(H2,24,27);2H,1H3. The summed E-state index contributed by atoms with van der Waals surface area (Å²) in [5.41, 5.74) is 5.09. The van der Waals surface area contributed by atoms with Crippen molar-refractivity contribution in [1.29, 1.82) is 0 Å². The molecule has 32 heavy (non-hydrogen) atoms. The minimum absolute atomic E-state index is 0.00194.